The molecule has 2 aliphatic heterocycles. The van der Waals surface area contributed by atoms with Crippen molar-refractivity contribution in [3.05, 3.63) is 23.8 Å². The van der Waals surface area contributed by atoms with Crippen LogP contribution in [0, 0.1) is 0 Å². The lowest BCUT2D eigenvalue weighted by atomic mass is 10.1. The van der Waals surface area contributed by atoms with Gasteiger partial charge in [0.2, 0.25) is 0 Å². The monoisotopic (exact) mass is 276 g/mol. The van der Waals surface area contributed by atoms with E-state index in [4.69, 9.17) is 4.74 Å². The average Bonchev–Trinajstić information content (AvgIpc) is 2.46. The molecule has 2 N–H and O–H groups in total. The van der Waals surface area contributed by atoms with Gasteiger partial charge in [-0.3, -0.25) is 9.59 Å². The van der Waals surface area contributed by atoms with Gasteiger partial charge in [-0.1, -0.05) is 0 Å². The Balaban J connectivity index is 1.78. The van der Waals surface area contributed by atoms with Crippen molar-refractivity contribution in [2.45, 2.75) is 18.9 Å². The van der Waals surface area contributed by atoms with E-state index in [9.17, 15) is 14.7 Å². The number of likely N-dealkylation sites (tertiary alicyclic amines) is 1. The van der Waals surface area contributed by atoms with Crippen LogP contribution in [0.3, 0.4) is 0 Å². The van der Waals surface area contributed by atoms with Crippen LogP contribution in [0.25, 0.3) is 0 Å². The minimum Gasteiger partial charge on any atom is -0.482 e. The summed E-state index contributed by atoms with van der Waals surface area (Å²) < 4.78 is 5.26. The normalized spacial score (nSPS) is 19.1. The van der Waals surface area contributed by atoms with Crippen molar-refractivity contribution >= 4 is 17.5 Å². The number of hydrogen-bond donors (Lipinski definition) is 2. The first-order valence-corrected chi connectivity index (χ1v) is 6.67. The lowest BCUT2D eigenvalue weighted by molar-refractivity contribution is -0.118. The maximum atomic E-state index is 12.4. The van der Waals surface area contributed by atoms with E-state index in [0.717, 1.165) is 0 Å². The molecule has 0 aliphatic carbocycles. The summed E-state index contributed by atoms with van der Waals surface area (Å²) in [4.78, 5) is 25.4. The van der Waals surface area contributed by atoms with Crippen molar-refractivity contribution < 1.29 is 19.4 Å². The summed E-state index contributed by atoms with van der Waals surface area (Å²) in [6, 6.07) is 5.03. The second kappa shape index (κ2) is 5.13. The van der Waals surface area contributed by atoms with Gasteiger partial charge in [-0.05, 0) is 31.0 Å². The van der Waals surface area contributed by atoms with Crippen LogP contribution in [0.15, 0.2) is 18.2 Å². The Bertz CT molecular complexity index is 550. The standard InChI is InChI=1S/C14H16N2O4/c17-10-3-5-16(6-4-10)14(19)9-1-2-12-11(7-9)15-13(18)8-20-12/h1-2,7,10,17H,3-6,8H2,(H,15,18). The van der Waals surface area contributed by atoms with Crippen molar-refractivity contribution in [2.75, 3.05) is 25.0 Å². The summed E-state index contributed by atoms with van der Waals surface area (Å²) in [5.74, 6) is 0.276. The number of aliphatic hydroxyl groups excluding tert-OH is 1. The predicted octanol–water partition coefficient (Wildman–Crippen LogP) is 0.614. The molecule has 0 atom stereocenters. The van der Waals surface area contributed by atoms with E-state index >= 15 is 0 Å². The number of carbonyl (C=O) groups excluding carboxylic acids is 2. The van der Waals surface area contributed by atoms with Crippen LogP contribution in [0.2, 0.25) is 0 Å². The molecule has 0 aromatic heterocycles. The molecular weight excluding hydrogens is 260 g/mol. The number of hydrogen-bond acceptors (Lipinski definition) is 4. The van der Waals surface area contributed by atoms with E-state index in [-0.39, 0.29) is 24.5 Å². The quantitative estimate of drug-likeness (QED) is 0.788. The van der Waals surface area contributed by atoms with Crippen molar-refractivity contribution in [1.82, 2.24) is 4.90 Å². The van der Waals surface area contributed by atoms with E-state index < -0.39 is 0 Å². The molecule has 1 aromatic rings. The molecular formula is C14H16N2O4. The Morgan fingerprint density at radius 1 is 1.35 bits per heavy atom. The van der Waals surface area contributed by atoms with Crippen LogP contribution >= 0.6 is 0 Å². The topological polar surface area (TPSA) is 78.9 Å². The Morgan fingerprint density at radius 3 is 2.85 bits per heavy atom. The maximum Gasteiger partial charge on any atom is 0.262 e. The largest absolute Gasteiger partial charge is 0.482 e. The summed E-state index contributed by atoms with van der Waals surface area (Å²) in [6.45, 7) is 1.12. The second-order valence-corrected chi connectivity index (χ2v) is 5.07. The third-order valence-corrected chi connectivity index (χ3v) is 3.61. The minimum absolute atomic E-state index is 0.00427. The summed E-state index contributed by atoms with van der Waals surface area (Å²) in [5.41, 5.74) is 1.05. The molecule has 0 bridgehead atoms. The van der Waals surface area contributed by atoms with Gasteiger partial charge in [-0.15, -0.1) is 0 Å². The highest BCUT2D eigenvalue weighted by molar-refractivity contribution is 5.99. The first kappa shape index (κ1) is 12.9. The summed E-state index contributed by atoms with van der Waals surface area (Å²) in [6.07, 6.45) is 0.905. The van der Waals surface area contributed by atoms with Crippen LogP contribution < -0.4 is 10.1 Å². The minimum atomic E-state index is -0.310. The third kappa shape index (κ3) is 2.46. The van der Waals surface area contributed by atoms with Gasteiger partial charge in [0.1, 0.15) is 5.75 Å². The van der Waals surface area contributed by atoms with Gasteiger partial charge < -0.3 is 20.1 Å². The van der Waals surface area contributed by atoms with E-state index in [0.29, 0.717) is 42.9 Å². The Hall–Kier alpha value is -2.08. The van der Waals surface area contributed by atoms with Crippen molar-refractivity contribution in [2.24, 2.45) is 0 Å². The molecule has 1 fully saturated rings. The summed E-state index contributed by atoms with van der Waals surface area (Å²) in [5, 5.41) is 12.2. The highest BCUT2D eigenvalue weighted by atomic mass is 16.5. The number of aliphatic hydroxyl groups is 1. The van der Waals surface area contributed by atoms with Gasteiger partial charge in [-0.25, -0.2) is 0 Å². The molecule has 0 unspecified atom stereocenters. The fourth-order valence-electron chi connectivity index (χ4n) is 2.47. The Labute approximate surface area is 116 Å². The molecule has 6 nitrogen and oxygen atoms in total. The fourth-order valence-corrected chi connectivity index (χ4v) is 2.47. The number of anilines is 1. The van der Waals surface area contributed by atoms with Gasteiger partial charge in [0, 0.05) is 18.7 Å². The van der Waals surface area contributed by atoms with Gasteiger partial charge >= 0.3 is 0 Å². The molecule has 0 spiro atoms. The summed E-state index contributed by atoms with van der Waals surface area (Å²) in [7, 11) is 0. The number of piperidine rings is 1. The Kier molecular flexibility index (Phi) is 3.31. The molecule has 2 amide bonds. The molecule has 6 heteroatoms. The zero-order chi connectivity index (χ0) is 14.1. The van der Waals surface area contributed by atoms with Crippen molar-refractivity contribution in [3.63, 3.8) is 0 Å². The van der Waals surface area contributed by atoms with E-state index in [1.54, 1.807) is 23.1 Å². The fraction of sp³-hybridized carbons (Fsp3) is 0.429. The number of benzene rings is 1. The molecule has 1 saturated heterocycles. The molecule has 2 heterocycles. The van der Waals surface area contributed by atoms with Crippen molar-refractivity contribution in [1.29, 1.82) is 0 Å². The summed E-state index contributed by atoms with van der Waals surface area (Å²) >= 11 is 0. The van der Waals surface area contributed by atoms with E-state index in [1.807, 2.05) is 0 Å². The average molecular weight is 276 g/mol. The van der Waals surface area contributed by atoms with Crippen LogP contribution in [-0.4, -0.2) is 47.6 Å². The predicted molar refractivity (Wildman–Crippen MR) is 71.7 cm³/mol. The van der Waals surface area contributed by atoms with Crippen LogP contribution in [0.4, 0.5) is 5.69 Å². The molecule has 20 heavy (non-hydrogen) atoms. The number of amides is 2. The van der Waals surface area contributed by atoms with Gasteiger partial charge in [0.05, 0.1) is 11.8 Å². The van der Waals surface area contributed by atoms with E-state index in [2.05, 4.69) is 5.32 Å². The van der Waals surface area contributed by atoms with Crippen LogP contribution in [0.5, 0.6) is 5.75 Å². The number of nitrogens with one attached hydrogen (secondary N) is 1. The molecule has 0 radical (unpaired) electrons. The first-order valence-electron chi connectivity index (χ1n) is 6.67. The molecule has 3 rings (SSSR count). The lowest BCUT2D eigenvalue weighted by Crippen LogP contribution is -2.40. The first-order chi connectivity index (χ1) is 9.63. The smallest absolute Gasteiger partial charge is 0.262 e. The molecule has 106 valence electrons. The number of ether oxygens (including phenoxy) is 1. The third-order valence-electron chi connectivity index (χ3n) is 3.61. The molecule has 0 saturated carbocycles. The zero-order valence-electron chi connectivity index (χ0n) is 11.0. The second-order valence-electron chi connectivity index (χ2n) is 5.07. The maximum absolute atomic E-state index is 12.4. The van der Waals surface area contributed by atoms with Crippen molar-refractivity contribution in [3.8, 4) is 5.75 Å². The highest BCUT2D eigenvalue weighted by Crippen LogP contribution is 2.29. The number of carbonyl (C=O) groups is 2. The van der Waals surface area contributed by atoms with Gasteiger partial charge in [-0.2, -0.15) is 0 Å². The number of rotatable bonds is 1. The van der Waals surface area contributed by atoms with Crippen LogP contribution in [-0.2, 0) is 4.79 Å². The SMILES string of the molecule is O=C1COc2ccc(C(=O)N3CCC(O)CC3)cc2N1. The van der Waals surface area contributed by atoms with Gasteiger partial charge in [0.15, 0.2) is 6.61 Å². The lowest BCUT2D eigenvalue weighted by Gasteiger charge is -2.30. The number of nitrogens with zero attached hydrogens (tertiary/aromatic N) is 1. The number of fused-ring (bicyclic) bond motifs is 1. The zero-order valence-corrected chi connectivity index (χ0v) is 11.0. The van der Waals surface area contributed by atoms with Crippen LogP contribution in [0.1, 0.15) is 23.2 Å². The Morgan fingerprint density at radius 2 is 2.10 bits per heavy atom. The highest BCUT2D eigenvalue weighted by Gasteiger charge is 2.24. The molecule has 1 aromatic carbocycles. The molecule has 2 aliphatic rings. The van der Waals surface area contributed by atoms with E-state index in [1.165, 1.54) is 0 Å². The van der Waals surface area contributed by atoms with Gasteiger partial charge in [0.25, 0.3) is 11.8 Å².